The van der Waals surface area contributed by atoms with Gasteiger partial charge in [-0.25, -0.2) is 9.97 Å². The number of piperazine rings is 1. The highest BCUT2D eigenvalue weighted by atomic mass is 32.2. The molecule has 3 rings (SSSR count). The molecule has 2 heterocycles. The van der Waals surface area contributed by atoms with E-state index in [4.69, 9.17) is 9.97 Å². The van der Waals surface area contributed by atoms with Crippen LogP contribution in [0.2, 0.25) is 0 Å². The molecule has 1 aromatic carbocycles. The molecule has 1 aliphatic heterocycles. The average molecular weight is 415 g/mol. The highest BCUT2D eigenvalue weighted by Gasteiger charge is 2.19. The molecule has 29 heavy (non-hydrogen) atoms. The van der Waals surface area contributed by atoms with E-state index in [0.29, 0.717) is 6.54 Å². The molecule has 1 aromatic heterocycles. The maximum atomic E-state index is 12.2. The van der Waals surface area contributed by atoms with E-state index >= 15 is 0 Å². The van der Waals surface area contributed by atoms with Crippen LogP contribution < -0.4 is 9.80 Å². The molecule has 1 N–H and O–H groups in total. The number of rotatable bonds is 7. The molecule has 0 aliphatic carbocycles. The van der Waals surface area contributed by atoms with Crippen LogP contribution >= 0.6 is 11.8 Å². The third-order valence-electron chi connectivity index (χ3n) is 5.44. The van der Waals surface area contributed by atoms with E-state index in [1.807, 2.05) is 38.2 Å². The minimum atomic E-state index is 0.0596. The second kappa shape index (κ2) is 10.1. The highest BCUT2D eigenvalue weighted by molar-refractivity contribution is 7.98. The summed E-state index contributed by atoms with van der Waals surface area (Å²) in [7, 11) is 4.07. The largest absolute Gasteiger partial charge is 0.345 e. The maximum absolute atomic E-state index is 12.2. The molecule has 0 bridgehead atoms. The average Bonchev–Trinajstić information content (AvgIpc) is 2.77. The topological polar surface area (TPSA) is 53.8 Å². The molecule has 2 aromatic rings. The van der Waals surface area contributed by atoms with E-state index < -0.39 is 0 Å². The van der Waals surface area contributed by atoms with Crippen molar-refractivity contribution in [3.63, 3.8) is 0 Å². The Morgan fingerprint density at radius 3 is 2.48 bits per heavy atom. The Morgan fingerprint density at radius 1 is 1.17 bits per heavy atom. The Hall–Kier alpha value is -2.12. The number of nitrogens with one attached hydrogen (secondary N) is 1. The fourth-order valence-corrected chi connectivity index (χ4v) is 4.07. The maximum Gasteiger partial charge on any atom is 0.253 e. The molecule has 1 amide bonds. The number of hydrogen-bond acceptors (Lipinski definition) is 5. The van der Waals surface area contributed by atoms with Crippen molar-refractivity contribution in [1.29, 1.82) is 0 Å². The lowest BCUT2D eigenvalue weighted by Crippen LogP contribution is -3.12. The Bertz CT molecular complexity index is 818. The first kappa shape index (κ1) is 21.6. The first-order chi connectivity index (χ1) is 14.0. The van der Waals surface area contributed by atoms with Gasteiger partial charge >= 0.3 is 0 Å². The van der Waals surface area contributed by atoms with E-state index in [2.05, 4.69) is 24.9 Å². The first-order valence-corrected chi connectivity index (χ1v) is 11.4. The Labute approximate surface area is 178 Å². The monoisotopic (exact) mass is 414 g/mol. The lowest BCUT2D eigenvalue weighted by molar-refractivity contribution is -0.880. The molecule has 0 spiro atoms. The normalized spacial score (nSPS) is 14.8. The summed E-state index contributed by atoms with van der Waals surface area (Å²) < 4.78 is 0. The number of carbonyl (C=O) groups is 1. The van der Waals surface area contributed by atoms with Gasteiger partial charge in [0.25, 0.3) is 5.91 Å². The summed E-state index contributed by atoms with van der Waals surface area (Å²) in [4.78, 5) is 27.5. The van der Waals surface area contributed by atoms with Crippen molar-refractivity contribution >= 4 is 23.5 Å². The second-order valence-corrected chi connectivity index (χ2v) is 8.55. The number of hydrogen-bond donors (Lipinski definition) is 1. The van der Waals surface area contributed by atoms with Crippen molar-refractivity contribution in [2.24, 2.45) is 0 Å². The smallest absolute Gasteiger partial charge is 0.253 e. The molecular formula is C22H32N5OS+. The van der Waals surface area contributed by atoms with Crippen LogP contribution in [0.5, 0.6) is 0 Å². The summed E-state index contributed by atoms with van der Waals surface area (Å²) in [5.74, 6) is 1.90. The van der Waals surface area contributed by atoms with Crippen LogP contribution in [0, 0.1) is 0 Å². The minimum Gasteiger partial charge on any atom is -0.345 e. The number of thioether (sulfide) groups is 1. The SMILES string of the molecule is CCc1cc(N2CC[NH+](C)CC2)nc(SCc2ccc(C(=O)N(C)CC)cc2)n1. The number of benzene rings is 1. The van der Waals surface area contributed by atoms with Gasteiger partial charge in [-0.1, -0.05) is 30.8 Å². The summed E-state index contributed by atoms with van der Waals surface area (Å²) in [5.41, 5.74) is 2.99. The third kappa shape index (κ3) is 5.70. The highest BCUT2D eigenvalue weighted by Crippen LogP contribution is 2.23. The number of aromatic nitrogens is 2. The number of anilines is 1. The molecule has 6 nitrogen and oxygen atoms in total. The lowest BCUT2D eigenvalue weighted by atomic mass is 10.1. The van der Waals surface area contributed by atoms with Crippen LogP contribution in [0.3, 0.4) is 0 Å². The van der Waals surface area contributed by atoms with Crippen LogP contribution in [-0.2, 0) is 12.2 Å². The summed E-state index contributed by atoms with van der Waals surface area (Å²) in [5, 5.41) is 0.830. The molecule has 1 saturated heterocycles. The predicted octanol–water partition coefficient (Wildman–Crippen LogP) is 1.76. The molecule has 0 saturated carbocycles. The van der Waals surface area contributed by atoms with E-state index in [9.17, 15) is 4.79 Å². The zero-order valence-electron chi connectivity index (χ0n) is 17.9. The van der Waals surface area contributed by atoms with Crippen molar-refractivity contribution in [2.45, 2.75) is 31.2 Å². The quantitative estimate of drug-likeness (QED) is 0.553. The van der Waals surface area contributed by atoms with E-state index in [1.165, 1.54) is 5.56 Å². The number of carbonyl (C=O) groups excluding carboxylic acids is 1. The Balaban J connectivity index is 1.67. The van der Waals surface area contributed by atoms with E-state index in [1.54, 1.807) is 21.6 Å². The number of nitrogens with zero attached hydrogens (tertiary/aromatic N) is 4. The molecule has 1 aliphatic rings. The second-order valence-electron chi connectivity index (χ2n) is 7.60. The van der Waals surface area contributed by atoms with Crippen LogP contribution in [0.1, 0.15) is 35.5 Å². The number of amides is 1. The number of likely N-dealkylation sites (N-methyl/N-ethyl adjacent to an activating group) is 1. The fourth-order valence-electron chi connectivity index (χ4n) is 3.24. The Morgan fingerprint density at radius 2 is 1.86 bits per heavy atom. The van der Waals surface area contributed by atoms with Crippen molar-refractivity contribution in [2.75, 3.05) is 51.7 Å². The molecule has 0 unspecified atom stereocenters. The van der Waals surface area contributed by atoms with Gasteiger partial charge in [0.2, 0.25) is 0 Å². The zero-order chi connectivity index (χ0) is 20.8. The third-order valence-corrected chi connectivity index (χ3v) is 6.36. The number of quaternary nitrogens is 1. The van der Waals surface area contributed by atoms with Crippen LogP contribution in [-0.4, -0.2) is 67.6 Å². The van der Waals surface area contributed by atoms with E-state index in [-0.39, 0.29) is 5.91 Å². The van der Waals surface area contributed by atoms with Crippen molar-refractivity contribution in [3.8, 4) is 0 Å². The minimum absolute atomic E-state index is 0.0596. The van der Waals surface area contributed by atoms with Gasteiger partial charge in [0.05, 0.1) is 33.2 Å². The van der Waals surface area contributed by atoms with Crippen LogP contribution in [0.25, 0.3) is 0 Å². The molecule has 0 radical (unpaired) electrons. The standard InChI is InChI=1S/C22H31N5OS/c1-5-19-15-20(27-13-11-25(3)12-14-27)24-22(23-19)29-16-17-7-9-18(10-8-17)21(28)26(4)6-2/h7-10,15H,5-6,11-14,16H2,1-4H3/p+1. The fraction of sp³-hybridized carbons (Fsp3) is 0.500. The van der Waals surface area contributed by atoms with Gasteiger partial charge < -0.3 is 14.7 Å². The predicted molar refractivity (Wildman–Crippen MR) is 119 cm³/mol. The summed E-state index contributed by atoms with van der Waals surface area (Å²) >= 11 is 1.66. The van der Waals surface area contributed by atoms with Gasteiger partial charge in [-0.15, -0.1) is 0 Å². The van der Waals surface area contributed by atoms with Crippen LogP contribution in [0.15, 0.2) is 35.5 Å². The first-order valence-electron chi connectivity index (χ1n) is 10.4. The van der Waals surface area contributed by atoms with Crippen molar-refractivity contribution < 1.29 is 9.69 Å². The van der Waals surface area contributed by atoms with Gasteiger partial charge in [0.1, 0.15) is 5.82 Å². The number of aryl methyl sites for hydroxylation is 1. The summed E-state index contributed by atoms with van der Waals surface area (Å²) in [6.07, 6.45) is 0.907. The van der Waals surface area contributed by atoms with Gasteiger partial charge in [-0.3, -0.25) is 4.79 Å². The Kier molecular flexibility index (Phi) is 7.50. The molecule has 1 fully saturated rings. The molecular weight excluding hydrogens is 382 g/mol. The van der Waals surface area contributed by atoms with Gasteiger partial charge in [0.15, 0.2) is 5.16 Å². The lowest BCUT2D eigenvalue weighted by Gasteiger charge is -2.31. The van der Waals surface area contributed by atoms with E-state index in [0.717, 1.165) is 60.6 Å². The summed E-state index contributed by atoms with van der Waals surface area (Å²) in [6, 6.07) is 10.0. The van der Waals surface area contributed by atoms with Crippen molar-refractivity contribution in [3.05, 3.63) is 47.2 Å². The van der Waals surface area contributed by atoms with Gasteiger partial charge in [-0.05, 0) is 31.0 Å². The zero-order valence-corrected chi connectivity index (χ0v) is 18.8. The van der Waals surface area contributed by atoms with Crippen LogP contribution in [0.4, 0.5) is 5.82 Å². The van der Waals surface area contributed by atoms with Crippen molar-refractivity contribution in [1.82, 2.24) is 14.9 Å². The van der Waals surface area contributed by atoms with Gasteiger partial charge in [-0.2, -0.15) is 0 Å². The summed E-state index contributed by atoms with van der Waals surface area (Å²) in [6.45, 7) is 9.19. The van der Waals surface area contributed by atoms with Gasteiger partial charge in [0, 0.05) is 36.7 Å². The molecule has 156 valence electrons. The molecule has 0 atom stereocenters. The molecule has 7 heteroatoms.